The van der Waals surface area contributed by atoms with Gasteiger partial charge in [0.25, 0.3) is 0 Å². The molecule has 5 N–H and O–H groups in total. The van der Waals surface area contributed by atoms with E-state index in [1.165, 1.54) is 0 Å². The highest BCUT2D eigenvalue weighted by Gasteiger charge is 2.26. The van der Waals surface area contributed by atoms with Gasteiger partial charge in [0.2, 0.25) is 17.8 Å². The van der Waals surface area contributed by atoms with E-state index in [2.05, 4.69) is 30.7 Å². The number of nitrogens with one attached hydrogen (secondary N) is 2. The minimum Gasteiger partial charge on any atom is -0.394 e. The highest BCUT2D eigenvalue weighted by molar-refractivity contribution is 5.39. The van der Waals surface area contributed by atoms with Crippen LogP contribution in [-0.4, -0.2) is 41.8 Å². The topological polar surface area (TPSA) is 127 Å². The minimum absolute atomic E-state index is 0.0164. The van der Waals surface area contributed by atoms with E-state index in [0.717, 1.165) is 12.8 Å². The summed E-state index contributed by atoms with van der Waals surface area (Å²) in [5.41, 5.74) is 1.94. The van der Waals surface area contributed by atoms with Crippen molar-refractivity contribution in [2.75, 3.05) is 17.3 Å². The lowest BCUT2D eigenvalue weighted by molar-refractivity contribution is 0.201. The van der Waals surface area contributed by atoms with Crippen molar-refractivity contribution in [1.82, 2.24) is 24.5 Å². The normalized spacial score (nSPS) is 11.4. The fourth-order valence-electron chi connectivity index (χ4n) is 1.91. The minimum atomic E-state index is -0.473. The van der Waals surface area contributed by atoms with Gasteiger partial charge in [-0.1, -0.05) is 13.8 Å². The average molecular weight is 292 g/mol. The number of hydrazine groups is 1. The van der Waals surface area contributed by atoms with Crippen LogP contribution >= 0.6 is 0 Å². The van der Waals surface area contributed by atoms with Crippen molar-refractivity contribution in [3.8, 4) is 5.95 Å². The summed E-state index contributed by atoms with van der Waals surface area (Å²) in [6.45, 7) is 3.97. The number of nitrogen functional groups attached to an aromatic ring is 1. The number of imidazole rings is 1. The second-order valence-electron chi connectivity index (χ2n) is 4.67. The standard InChI is InChI=1S/C12H20N8O/c1-3-12(4-2,7-21)18-9-15-10(19-13)17-11(16-9)20-6-5-14-8-20/h5-6,8,21H,3-4,7,13H2,1-2H3,(H2,15,16,17,18,19). The Balaban J connectivity index is 2.37. The third-order valence-corrected chi connectivity index (χ3v) is 3.52. The summed E-state index contributed by atoms with van der Waals surface area (Å²) >= 11 is 0. The Morgan fingerprint density at radius 2 is 1.95 bits per heavy atom. The number of nitrogens with zero attached hydrogens (tertiary/aromatic N) is 5. The van der Waals surface area contributed by atoms with Gasteiger partial charge in [0.05, 0.1) is 12.1 Å². The second-order valence-corrected chi connectivity index (χ2v) is 4.67. The summed E-state index contributed by atoms with van der Waals surface area (Å²) in [6.07, 6.45) is 6.40. The summed E-state index contributed by atoms with van der Waals surface area (Å²) < 4.78 is 1.65. The SMILES string of the molecule is CCC(CC)(CO)Nc1nc(NN)nc(-n2ccnc2)n1. The maximum atomic E-state index is 9.63. The van der Waals surface area contributed by atoms with Gasteiger partial charge in [0.1, 0.15) is 6.33 Å². The Bertz CT molecular complexity index is 558. The van der Waals surface area contributed by atoms with Gasteiger partial charge in [-0.25, -0.2) is 10.8 Å². The molecule has 2 rings (SSSR count). The van der Waals surface area contributed by atoms with Gasteiger partial charge in [-0.05, 0) is 12.8 Å². The fraction of sp³-hybridized carbons (Fsp3) is 0.500. The number of rotatable bonds is 7. The van der Waals surface area contributed by atoms with Gasteiger partial charge in [-0.3, -0.25) is 9.99 Å². The highest BCUT2D eigenvalue weighted by atomic mass is 16.3. The highest BCUT2D eigenvalue weighted by Crippen LogP contribution is 2.20. The fourth-order valence-corrected chi connectivity index (χ4v) is 1.91. The van der Waals surface area contributed by atoms with Gasteiger partial charge >= 0.3 is 0 Å². The van der Waals surface area contributed by atoms with Crippen molar-refractivity contribution in [2.45, 2.75) is 32.2 Å². The molecule has 2 aromatic rings. The molecule has 21 heavy (non-hydrogen) atoms. The number of aromatic nitrogens is 5. The van der Waals surface area contributed by atoms with Gasteiger partial charge in [-0.15, -0.1) is 0 Å². The summed E-state index contributed by atoms with van der Waals surface area (Å²) in [7, 11) is 0. The summed E-state index contributed by atoms with van der Waals surface area (Å²) in [4.78, 5) is 16.6. The average Bonchev–Trinajstić information content (AvgIpc) is 3.07. The molecule has 2 heterocycles. The molecule has 0 aliphatic heterocycles. The van der Waals surface area contributed by atoms with E-state index in [1.54, 1.807) is 23.3 Å². The lowest BCUT2D eigenvalue weighted by Gasteiger charge is -2.30. The molecule has 0 amide bonds. The lowest BCUT2D eigenvalue weighted by atomic mass is 9.94. The lowest BCUT2D eigenvalue weighted by Crippen LogP contribution is -2.41. The Kier molecular flexibility index (Phi) is 4.66. The van der Waals surface area contributed by atoms with Crippen LogP contribution in [0.1, 0.15) is 26.7 Å². The van der Waals surface area contributed by atoms with E-state index >= 15 is 0 Å². The molecule has 0 aromatic carbocycles. The molecule has 0 saturated heterocycles. The molecule has 0 spiro atoms. The van der Waals surface area contributed by atoms with Gasteiger partial charge in [0.15, 0.2) is 0 Å². The zero-order valence-electron chi connectivity index (χ0n) is 12.1. The molecule has 0 bridgehead atoms. The summed E-state index contributed by atoms with van der Waals surface area (Å²) in [5, 5.41) is 12.8. The Morgan fingerprint density at radius 1 is 1.24 bits per heavy atom. The Labute approximate surface area is 122 Å². The van der Waals surface area contributed by atoms with E-state index < -0.39 is 5.54 Å². The van der Waals surface area contributed by atoms with Crippen molar-refractivity contribution in [3.05, 3.63) is 18.7 Å². The van der Waals surface area contributed by atoms with E-state index in [4.69, 9.17) is 5.84 Å². The number of hydrogen-bond donors (Lipinski definition) is 4. The van der Waals surface area contributed by atoms with Gasteiger partial charge in [-0.2, -0.15) is 15.0 Å². The number of anilines is 2. The van der Waals surface area contributed by atoms with E-state index in [-0.39, 0.29) is 12.6 Å². The zero-order valence-corrected chi connectivity index (χ0v) is 12.1. The van der Waals surface area contributed by atoms with Crippen molar-refractivity contribution in [1.29, 1.82) is 0 Å². The van der Waals surface area contributed by atoms with Crippen LogP contribution in [0.4, 0.5) is 11.9 Å². The van der Waals surface area contributed by atoms with Gasteiger partial charge in [0, 0.05) is 12.4 Å². The Morgan fingerprint density at radius 3 is 2.48 bits per heavy atom. The molecule has 0 aliphatic carbocycles. The number of hydrogen-bond acceptors (Lipinski definition) is 8. The third-order valence-electron chi connectivity index (χ3n) is 3.52. The van der Waals surface area contributed by atoms with Gasteiger partial charge < -0.3 is 10.4 Å². The molecule has 0 saturated carbocycles. The molecule has 0 fully saturated rings. The van der Waals surface area contributed by atoms with Crippen LogP contribution in [0.5, 0.6) is 0 Å². The smallest absolute Gasteiger partial charge is 0.243 e. The number of nitrogens with two attached hydrogens (primary N) is 1. The number of aliphatic hydroxyl groups excluding tert-OH is 1. The Hall–Kier alpha value is -2.26. The second kappa shape index (κ2) is 6.46. The first-order valence-corrected chi connectivity index (χ1v) is 6.76. The first kappa shape index (κ1) is 15.1. The predicted octanol–water partition coefficient (Wildman–Crippen LogP) is 0.306. The van der Waals surface area contributed by atoms with Crippen molar-refractivity contribution in [3.63, 3.8) is 0 Å². The molecule has 0 radical (unpaired) electrons. The largest absolute Gasteiger partial charge is 0.394 e. The predicted molar refractivity (Wildman–Crippen MR) is 78.8 cm³/mol. The maximum absolute atomic E-state index is 9.63. The van der Waals surface area contributed by atoms with E-state index in [9.17, 15) is 5.11 Å². The van der Waals surface area contributed by atoms with Crippen molar-refractivity contribution >= 4 is 11.9 Å². The third kappa shape index (κ3) is 3.26. The van der Waals surface area contributed by atoms with Crippen molar-refractivity contribution < 1.29 is 5.11 Å². The first-order valence-electron chi connectivity index (χ1n) is 6.76. The monoisotopic (exact) mass is 292 g/mol. The molecule has 114 valence electrons. The first-order chi connectivity index (χ1) is 10.2. The molecule has 0 unspecified atom stereocenters. The zero-order chi connectivity index (χ0) is 15.3. The number of aliphatic hydroxyl groups is 1. The molecule has 0 aliphatic rings. The van der Waals surface area contributed by atoms with Crippen molar-refractivity contribution in [2.24, 2.45) is 5.84 Å². The molecule has 9 heteroatoms. The van der Waals surface area contributed by atoms with Crippen LogP contribution in [0.2, 0.25) is 0 Å². The van der Waals surface area contributed by atoms with Crippen LogP contribution in [0.3, 0.4) is 0 Å². The van der Waals surface area contributed by atoms with Crippen LogP contribution in [0, 0.1) is 0 Å². The van der Waals surface area contributed by atoms with Crippen LogP contribution in [-0.2, 0) is 0 Å². The molecular formula is C12H20N8O. The van der Waals surface area contributed by atoms with E-state index in [1.807, 2.05) is 13.8 Å². The molecule has 2 aromatic heterocycles. The van der Waals surface area contributed by atoms with Crippen LogP contribution in [0.15, 0.2) is 18.7 Å². The van der Waals surface area contributed by atoms with E-state index in [0.29, 0.717) is 11.9 Å². The molecular weight excluding hydrogens is 272 g/mol. The summed E-state index contributed by atoms with van der Waals surface area (Å²) in [6, 6.07) is 0. The quantitative estimate of drug-likeness (QED) is 0.424. The van der Waals surface area contributed by atoms with Crippen LogP contribution in [0.25, 0.3) is 5.95 Å². The van der Waals surface area contributed by atoms with Crippen LogP contribution < -0.4 is 16.6 Å². The molecule has 0 atom stereocenters. The maximum Gasteiger partial charge on any atom is 0.243 e. The molecule has 9 nitrogen and oxygen atoms in total. The summed E-state index contributed by atoms with van der Waals surface area (Å²) in [5.74, 6) is 6.36.